The second kappa shape index (κ2) is 9.31. The Morgan fingerprint density at radius 3 is 2.73 bits per heavy atom. The van der Waals surface area contributed by atoms with Crippen LogP contribution in [0.5, 0.6) is 0 Å². The minimum atomic E-state index is 0.0438. The molecule has 0 saturated carbocycles. The molecule has 26 heavy (non-hydrogen) atoms. The highest BCUT2D eigenvalue weighted by Crippen LogP contribution is 2.16. The van der Waals surface area contributed by atoms with Crippen molar-refractivity contribution in [1.82, 2.24) is 10.2 Å². The highest BCUT2D eigenvalue weighted by Gasteiger charge is 2.23. The second-order valence-corrected chi connectivity index (χ2v) is 8.05. The molecule has 1 saturated heterocycles. The number of Topliss-reactive ketones (excluding diaryl/α,β-unsaturated/α-hetero) is 1. The van der Waals surface area contributed by atoms with Crippen molar-refractivity contribution in [2.45, 2.75) is 38.3 Å². The second-order valence-electron chi connectivity index (χ2n) is 6.67. The van der Waals surface area contributed by atoms with Gasteiger partial charge in [0.15, 0.2) is 5.78 Å². The van der Waals surface area contributed by atoms with E-state index in [1.807, 2.05) is 41.8 Å². The van der Waals surface area contributed by atoms with Gasteiger partial charge >= 0.3 is 0 Å². The smallest absolute Gasteiger partial charge is 0.220 e. The molecule has 1 N–H and O–H groups in total. The van der Waals surface area contributed by atoms with Crippen molar-refractivity contribution in [2.24, 2.45) is 0 Å². The van der Waals surface area contributed by atoms with E-state index >= 15 is 0 Å². The third-order valence-electron chi connectivity index (χ3n) is 4.56. The number of halogens is 1. The van der Waals surface area contributed by atoms with Gasteiger partial charge in [0, 0.05) is 43.5 Å². The SMILES string of the molecule is O=C(CCCC(=O)c1cccs1)NC1CCN(Cc2ccc(Cl)cc2)C1. The average molecular weight is 391 g/mol. The Kier molecular flexibility index (Phi) is 6.83. The van der Waals surface area contributed by atoms with Crippen LogP contribution in [-0.2, 0) is 11.3 Å². The summed E-state index contributed by atoms with van der Waals surface area (Å²) in [5, 5.41) is 5.75. The van der Waals surface area contributed by atoms with Crippen LogP contribution in [0.25, 0.3) is 0 Å². The van der Waals surface area contributed by atoms with Gasteiger partial charge in [-0.3, -0.25) is 14.5 Å². The van der Waals surface area contributed by atoms with E-state index in [-0.39, 0.29) is 17.7 Å². The molecule has 2 aromatic rings. The van der Waals surface area contributed by atoms with Gasteiger partial charge in [0.1, 0.15) is 0 Å². The van der Waals surface area contributed by atoms with Gasteiger partial charge < -0.3 is 5.32 Å². The molecule has 1 atom stereocenters. The van der Waals surface area contributed by atoms with E-state index in [2.05, 4.69) is 10.2 Å². The zero-order chi connectivity index (χ0) is 18.4. The summed E-state index contributed by atoms with van der Waals surface area (Å²) in [6.45, 7) is 2.71. The van der Waals surface area contributed by atoms with Gasteiger partial charge in [-0.05, 0) is 42.0 Å². The third kappa shape index (κ3) is 5.66. The van der Waals surface area contributed by atoms with Crippen molar-refractivity contribution >= 4 is 34.6 Å². The van der Waals surface area contributed by atoms with Crippen molar-refractivity contribution < 1.29 is 9.59 Å². The number of carbonyl (C=O) groups excluding carboxylic acids is 2. The molecule has 1 fully saturated rings. The van der Waals surface area contributed by atoms with Crippen LogP contribution >= 0.6 is 22.9 Å². The first kappa shape index (κ1) is 19.1. The summed E-state index contributed by atoms with van der Waals surface area (Å²) in [6, 6.07) is 11.8. The van der Waals surface area contributed by atoms with Gasteiger partial charge in [-0.15, -0.1) is 11.3 Å². The van der Waals surface area contributed by atoms with Gasteiger partial charge in [-0.25, -0.2) is 0 Å². The Labute approximate surface area is 163 Å². The number of amides is 1. The molecule has 1 amide bonds. The molecule has 1 aliphatic rings. The molecule has 2 heterocycles. The lowest BCUT2D eigenvalue weighted by Crippen LogP contribution is -2.36. The van der Waals surface area contributed by atoms with Crippen LogP contribution in [0, 0.1) is 0 Å². The maximum Gasteiger partial charge on any atom is 0.220 e. The molecule has 138 valence electrons. The number of hydrogen-bond acceptors (Lipinski definition) is 4. The van der Waals surface area contributed by atoms with Crippen LogP contribution in [0.3, 0.4) is 0 Å². The maximum absolute atomic E-state index is 12.1. The van der Waals surface area contributed by atoms with E-state index in [1.165, 1.54) is 16.9 Å². The zero-order valence-electron chi connectivity index (χ0n) is 14.6. The van der Waals surface area contributed by atoms with Crippen molar-refractivity contribution in [1.29, 1.82) is 0 Å². The van der Waals surface area contributed by atoms with E-state index in [9.17, 15) is 9.59 Å². The molecule has 1 aromatic carbocycles. The Bertz CT molecular complexity index is 731. The lowest BCUT2D eigenvalue weighted by Gasteiger charge is -2.17. The fourth-order valence-electron chi connectivity index (χ4n) is 3.21. The summed E-state index contributed by atoms with van der Waals surface area (Å²) < 4.78 is 0. The largest absolute Gasteiger partial charge is 0.352 e. The van der Waals surface area contributed by atoms with Crippen LogP contribution < -0.4 is 5.32 Å². The highest BCUT2D eigenvalue weighted by molar-refractivity contribution is 7.12. The summed E-state index contributed by atoms with van der Waals surface area (Å²) in [4.78, 5) is 27.2. The van der Waals surface area contributed by atoms with Gasteiger partial charge in [0.2, 0.25) is 5.91 Å². The van der Waals surface area contributed by atoms with E-state index in [0.29, 0.717) is 19.3 Å². The number of nitrogens with one attached hydrogen (secondary N) is 1. The Morgan fingerprint density at radius 2 is 2.00 bits per heavy atom. The number of hydrogen-bond donors (Lipinski definition) is 1. The predicted octanol–water partition coefficient (Wildman–Crippen LogP) is 4.15. The zero-order valence-corrected chi connectivity index (χ0v) is 16.2. The van der Waals surface area contributed by atoms with Gasteiger partial charge in [-0.1, -0.05) is 29.8 Å². The van der Waals surface area contributed by atoms with E-state index < -0.39 is 0 Å². The summed E-state index contributed by atoms with van der Waals surface area (Å²) in [7, 11) is 0. The molecular formula is C20H23ClN2O2S. The predicted molar refractivity (Wildman–Crippen MR) is 106 cm³/mol. The number of rotatable bonds is 8. The number of likely N-dealkylation sites (tertiary alicyclic amines) is 1. The fourth-order valence-corrected chi connectivity index (χ4v) is 4.03. The molecular weight excluding hydrogens is 368 g/mol. The monoisotopic (exact) mass is 390 g/mol. The minimum absolute atomic E-state index is 0.0438. The molecule has 1 unspecified atom stereocenters. The minimum Gasteiger partial charge on any atom is -0.352 e. The first-order valence-electron chi connectivity index (χ1n) is 8.93. The number of nitrogens with zero attached hydrogens (tertiary/aromatic N) is 1. The number of thiophene rings is 1. The van der Waals surface area contributed by atoms with Gasteiger partial charge in [0.25, 0.3) is 0 Å². The highest BCUT2D eigenvalue weighted by atomic mass is 35.5. The molecule has 1 aromatic heterocycles. The molecule has 3 rings (SSSR count). The summed E-state index contributed by atoms with van der Waals surface area (Å²) >= 11 is 7.37. The Morgan fingerprint density at radius 1 is 1.19 bits per heavy atom. The molecule has 0 bridgehead atoms. The standard InChI is InChI=1S/C20H23ClN2O2S/c21-16-8-6-15(7-9-16)13-23-11-10-17(14-23)22-20(25)5-1-3-18(24)19-4-2-12-26-19/h2,4,6-9,12,17H,1,3,5,10-11,13-14H2,(H,22,25). The molecule has 4 nitrogen and oxygen atoms in total. The van der Waals surface area contributed by atoms with Crippen LogP contribution in [0.4, 0.5) is 0 Å². The van der Waals surface area contributed by atoms with Crippen LogP contribution in [-0.4, -0.2) is 35.7 Å². The van der Waals surface area contributed by atoms with E-state index in [1.54, 1.807) is 0 Å². The molecule has 0 aliphatic carbocycles. The first-order valence-corrected chi connectivity index (χ1v) is 10.2. The van der Waals surface area contributed by atoms with Crippen LogP contribution in [0.15, 0.2) is 41.8 Å². The summed E-state index contributed by atoms with van der Waals surface area (Å²) in [6.07, 6.45) is 2.41. The first-order chi connectivity index (χ1) is 12.6. The number of ketones is 1. The molecule has 0 radical (unpaired) electrons. The topological polar surface area (TPSA) is 49.4 Å². The number of benzene rings is 1. The Balaban J connectivity index is 1.34. The third-order valence-corrected chi connectivity index (χ3v) is 5.72. The van der Waals surface area contributed by atoms with E-state index in [0.717, 1.165) is 36.0 Å². The quantitative estimate of drug-likeness (QED) is 0.689. The number of carbonyl (C=O) groups is 2. The van der Waals surface area contributed by atoms with Gasteiger partial charge in [0.05, 0.1) is 4.88 Å². The summed E-state index contributed by atoms with van der Waals surface area (Å²) in [5.74, 6) is 0.171. The summed E-state index contributed by atoms with van der Waals surface area (Å²) in [5.41, 5.74) is 1.23. The average Bonchev–Trinajstić information content (AvgIpc) is 3.29. The van der Waals surface area contributed by atoms with Crippen molar-refractivity contribution in [2.75, 3.05) is 13.1 Å². The normalized spacial score (nSPS) is 17.3. The lowest BCUT2D eigenvalue weighted by atomic mass is 10.1. The van der Waals surface area contributed by atoms with Crippen molar-refractivity contribution in [3.63, 3.8) is 0 Å². The molecule has 0 spiro atoms. The lowest BCUT2D eigenvalue weighted by molar-refractivity contribution is -0.121. The molecule has 1 aliphatic heterocycles. The molecule has 6 heteroatoms. The fraction of sp³-hybridized carbons (Fsp3) is 0.400. The Hall–Kier alpha value is -1.69. The van der Waals surface area contributed by atoms with Crippen molar-refractivity contribution in [3.8, 4) is 0 Å². The van der Waals surface area contributed by atoms with Crippen molar-refractivity contribution in [3.05, 3.63) is 57.2 Å². The van der Waals surface area contributed by atoms with Gasteiger partial charge in [-0.2, -0.15) is 0 Å². The van der Waals surface area contributed by atoms with E-state index in [4.69, 9.17) is 11.6 Å². The maximum atomic E-state index is 12.1. The van der Waals surface area contributed by atoms with Crippen LogP contribution in [0.2, 0.25) is 5.02 Å². The van der Waals surface area contributed by atoms with Crippen LogP contribution in [0.1, 0.15) is 40.9 Å².